The summed E-state index contributed by atoms with van der Waals surface area (Å²) in [5.41, 5.74) is 2.43. The average Bonchev–Trinajstić information content (AvgIpc) is 3.07. The Hall–Kier alpha value is -1.32. The van der Waals surface area contributed by atoms with Crippen LogP contribution in [0.2, 0.25) is 0 Å². The van der Waals surface area contributed by atoms with E-state index in [2.05, 4.69) is 37.4 Å². The Bertz CT molecular complexity index is 596. The van der Waals surface area contributed by atoms with E-state index in [0.717, 1.165) is 43.9 Å². The van der Waals surface area contributed by atoms with Crippen LogP contribution in [0.5, 0.6) is 0 Å². The third-order valence-corrected chi connectivity index (χ3v) is 4.45. The molecule has 1 aliphatic rings. The molecular weight excluding hydrogens is 262 g/mol. The van der Waals surface area contributed by atoms with E-state index >= 15 is 0 Å². The van der Waals surface area contributed by atoms with Crippen LogP contribution in [-0.4, -0.2) is 18.8 Å². The van der Waals surface area contributed by atoms with Crippen molar-refractivity contribution >= 4 is 11.0 Å². The number of rotatable bonds is 6. The molecule has 1 aromatic carbocycles. The molecule has 1 aromatic heterocycles. The summed E-state index contributed by atoms with van der Waals surface area (Å²) in [4.78, 5) is 0. The predicted molar refractivity (Wildman–Crippen MR) is 85.5 cm³/mol. The van der Waals surface area contributed by atoms with Crippen LogP contribution in [0.15, 0.2) is 28.7 Å². The molecule has 2 heterocycles. The van der Waals surface area contributed by atoms with Crippen LogP contribution in [0.25, 0.3) is 11.0 Å². The highest BCUT2D eigenvalue weighted by atomic mass is 16.5. The molecule has 3 nitrogen and oxygen atoms in total. The second-order valence-electron chi connectivity index (χ2n) is 6.32. The van der Waals surface area contributed by atoms with Gasteiger partial charge in [-0.3, -0.25) is 0 Å². The SMILES string of the molecule is CCCCc1oc2ccccc2c1CNC1(C)CCOC1. The fourth-order valence-corrected chi connectivity index (χ4v) is 2.99. The lowest BCUT2D eigenvalue weighted by atomic mass is 10.0. The number of fused-ring (bicyclic) bond motifs is 1. The Morgan fingerprint density at radius 1 is 1.29 bits per heavy atom. The van der Waals surface area contributed by atoms with Crippen LogP contribution >= 0.6 is 0 Å². The van der Waals surface area contributed by atoms with Crippen molar-refractivity contribution in [2.24, 2.45) is 0 Å². The van der Waals surface area contributed by atoms with Gasteiger partial charge in [-0.25, -0.2) is 0 Å². The Labute approximate surface area is 126 Å². The highest BCUT2D eigenvalue weighted by Gasteiger charge is 2.29. The maximum absolute atomic E-state index is 6.08. The molecule has 0 saturated carbocycles. The molecule has 1 saturated heterocycles. The Morgan fingerprint density at radius 3 is 2.90 bits per heavy atom. The molecular formula is C18H25NO2. The molecule has 0 aliphatic carbocycles. The molecule has 0 radical (unpaired) electrons. The van der Waals surface area contributed by atoms with Crippen molar-refractivity contribution in [1.82, 2.24) is 5.32 Å². The number of benzene rings is 1. The zero-order valence-electron chi connectivity index (χ0n) is 13.1. The van der Waals surface area contributed by atoms with E-state index < -0.39 is 0 Å². The summed E-state index contributed by atoms with van der Waals surface area (Å²) >= 11 is 0. The van der Waals surface area contributed by atoms with Crippen LogP contribution < -0.4 is 5.32 Å². The minimum atomic E-state index is 0.0976. The lowest BCUT2D eigenvalue weighted by molar-refractivity contribution is 0.171. The molecule has 2 aromatic rings. The van der Waals surface area contributed by atoms with Gasteiger partial charge in [0.05, 0.1) is 6.61 Å². The van der Waals surface area contributed by atoms with Crippen LogP contribution in [0.1, 0.15) is 44.4 Å². The third-order valence-electron chi connectivity index (χ3n) is 4.45. The van der Waals surface area contributed by atoms with E-state index in [1.54, 1.807) is 0 Å². The van der Waals surface area contributed by atoms with Gasteiger partial charge >= 0.3 is 0 Å². The van der Waals surface area contributed by atoms with Gasteiger partial charge in [-0.2, -0.15) is 0 Å². The topological polar surface area (TPSA) is 34.4 Å². The maximum Gasteiger partial charge on any atom is 0.134 e. The number of hydrogen-bond acceptors (Lipinski definition) is 3. The number of hydrogen-bond donors (Lipinski definition) is 1. The van der Waals surface area contributed by atoms with Gasteiger partial charge < -0.3 is 14.5 Å². The molecule has 1 aliphatic heterocycles. The summed E-state index contributed by atoms with van der Waals surface area (Å²) in [6, 6.07) is 8.36. The number of nitrogens with one attached hydrogen (secondary N) is 1. The number of aryl methyl sites for hydroxylation is 1. The van der Waals surface area contributed by atoms with Crippen LogP contribution in [-0.2, 0) is 17.7 Å². The fraction of sp³-hybridized carbons (Fsp3) is 0.556. The predicted octanol–water partition coefficient (Wildman–Crippen LogP) is 4.04. The highest BCUT2D eigenvalue weighted by molar-refractivity contribution is 5.82. The van der Waals surface area contributed by atoms with E-state index in [4.69, 9.17) is 9.15 Å². The molecule has 114 valence electrons. The smallest absolute Gasteiger partial charge is 0.134 e. The van der Waals surface area contributed by atoms with Gasteiger partial charge in [0.1, 0.15) is 11.3 Å². The van der Waals surface area contributed by atoms with Gasteiger partial charge in [-0.1, -0.05) is 31.5 Å². The van der Waals surface area contributed by atoms with Crippen molar-refractivity contribution in [3.05, 3.63) is 35.6 Å². The summed E-state index contributed by atoms with van der Waals surface area (Å²) in [7, 11) is 0. The van der Waals surface area contributed by atoms with Crippen molar-refractivity contribution in [2.45, 2.75) is 51.6 Å². The zero-order chi connectivity index (χ0) is 14.7. The van der Waals surface area contributed by atoms with Gasteiger partial charge in [0, 0.05) is 36.1 Å². The Balaban J connectivity index is 1.84. The molecule has 0 spiro atoms. The third kappa shape index (κ3) is 3.14. The summed E-state index contributed by atoms with van der Waals surface area (Å²) in [6.07, 6.45) is 4.46. The number of para-hydroxylation sites is 1. The largest absolute Gasteiger partial charge is 0.461 e. The quantitative estimate of drug-likeness (QED) is 0.870. The second-order valence-corrected chi connectivity index (χ2v) is 6.32. The Kier molecular flexibility index (Phi) is 4.32. The van der Waals surface area contributed by atoms with E-state index in [1.807, 2.05) is 6.07 Å². The van der Waals surface area contributed by atoms with Crippen LogP contribution in [0, 0.1) is 0 Å². The first-order valence-electron chi connectivity index (χ1n) is 8.04. The van der Waals surface area contributed by atoms with Gasteiger partial charge in [-0.15, -0.1) is 0 Å². The van der Waals surface area contributed by atoms with Crippen molar-refractivity contribution in [3.63, 3.8) is 0 Å². The van der Waals surface area contributed by atoms with E-state index in [1.165, 1.54) is 23.8 Å². The maximum atomic E-state index is 6.08. The highest BCUT2D eigenvalue weighted by Crippen LogP contribution is 2.28. The fourth-order valence-electron chi connectivity index (χ4n) is 2.99. The monoisotopic (exact) mass is 287 g/mol. The van der Waals surface area contributed by atoms with Gasteiger partial charge in [-0.05, 0) is 25.8 Å². The first kappa shape index (κ1) is 14.6. The van der Waals surface area contributed by atoms with Crippen LogP contribution in [0.4, 0.5) is 0 Å². The zero-order valence-corrected chi connectivity index (χ0v) is 13.1. The van der Waals surface area contributed by atoms with Gasteiger partial charge in [0.2, 0.25) is 0 Å². The second kappa shape index (κ2) is 6.20. The average molecular weight is 287 g/mol. The molecule has 3 heteroatoms. The lowest BCUT2D eigenvalue weighted by Crippen LogP contribution is -2.42. The molecule has 3 rings (SSSR count). The van der Waals surface area contributed by atoms with Crippen molar-refractivity contribution in [1.29, 1.82) is 0 Å². The van der Waals surface area contributed by atoms with Crippen LogP contribution in [0.3, 0.4) is 0 Å². The molecule has 1 unspecified atom stereocenters. The van der Waals surface area contributed by atoms with Crippen molar-refractivity contribution in [3.8, 4) is 0 Å². The summed E-state index contributed by atoms with van der Waals surface area (Å²) in [5, 5.41) is 4.93. The molecule has 1 fully saturated rings. The molecule has 1 atom stereocenters. The molecule has 0 amide bonds. The van der Waals surface area contributed by atoms with Crippen molar-refractivity contribution in [2.75, 3.05) is 13.2 Å². The van der Waals surface area contributed by atoms with Crippen molar-refractivity contribution < 1.29 is 9.15 Å². The summed E-state index contributed by atoms with van der Waals surface area (Å²) in [5.74, 6) is 1.15. The normalized spacial score (nSPS) is 22.2. The van der Waals surface area contributed by atoms with Gasteiger partial charge in [0.15, 0.2) is 0 Å². The van der Waals surface area contributed by atoms with E-state index in [-0.39, 0.29) is 5.54 Å². The molecule has 0 bridgehead atoms. The summed E-state index contributed by atoms with van der Waals surface area (Å²) in [6.45, 7) is 6.98. The lowest BCUT2D eigenvalue weighted by Gasteiger charge is -2.23. The minimum Gasteiger partial charge on any atom is -0.461 e. The number of furan rings is 1. The summed E-state index contributed by atoms with van der Waals surface area (Å²) < 4.78 is 11.6. The van der Waals surface area contributed by atoms with E-state index in [9.17, 15) is 0 Å². The molecule has 1 N–H and O–H groups in total. The number of ether oxygens (including phenoxy) is 1. The molecule has 21 heavy (non-hydrogen) atoms. The standard InChI is InChI=1S/C18H25NO2/c1-3-4-8-17-15(12-19-18(2)10-11-20-13-18)14-7-5-6-9-16(14)21-17/h5-7,9,19H,3-4,8,10-13H2,1-2H3. The first-order valence-corrected chi connectivity index (χ1v) is 8.04. The minimum absolute atomic E-state index is 0.0976. The van der Waals surface area contributed by atoms with Gasteiger partial charge in [0.25, 0.3) is 0 Å². The van der Waals surface area contributed by atoms with E-state index in [0.29, 0.717) is 0 Å². The Morgan fingerprint density at radius 2 is 2.14 bits per heavy atom. The first-order chi connectivity index (χ1) is 10.2. The number of unbranched alkanes of at least 4 members (excludes halogenated alkanes) is 1.